The van der Waals surface area contributed by atoms with Crippen molar-refractivity contribution in [1.29, 1.82) is 0 Å². The maximum Gasteiger partial charge on any atom is 0.408 e. The molecule has 2 heterocycles. The molecular weight excluding hydrogens is 1230 g/mol. The molecule has 0 radical (unpaired) electrons. The largest absolute Gasteiger partial charge is 0.544 e. The maximum absolute atomic E-state index is 16.4. The normalized spacial score (nSPS) is 21.0. The fraction of sp³-hybridized carbons (Fsp3) is 0.735. The number of hydrogen-bond donors (Lipinski definition) is 4. The first kappa shape index (κ1) is 79.2. The van der Waals surface area contributed by atoms with E-state index in [4.69, 9.17) is 32.6 Å². The molecule has 2 aliphatic heterocycles. The van der Waals surface area contributed by atoms with Crippen molar-refractivity contribution in [2.24, 2.45) is 17.6 Å². The molecule has 2 fully saturated rings. The summed E-state index contributed by atoms with van der Waals surface area (Å²) in [4.78, 5) is 94.1. The number of benzene rings is 2. The van der Waals surface area contributed by atoms with Crippen LogP contribution < -0.4 is 26.1 Å². The molecule has 6 amide bonds. The molecule has 516 valence electrons. The van der Waals surface area contributed by atoms with Crippen molar-refractivity contribution in [2.75, 3.05) is 13.1 Å². The van der Waals surface area contributed by atoms with Crippen molar-refractivity contribution < 1.29 is 55.6 Å². The summed E-state index contributed by atoms with van der Waals surface area (Å²) in [5, 5.41) is 7.92. The van der Waals surface area contributed by atoms with Crippen LogP contribution in [0.15, 0.2) is 54.6 Å². The number of amides is 6. The predicted molar refractivity (Wildman–Crippen MR) is 378 cm³/mol. The first-order chi connectivity index (χ1) is 41.1. The van der Waals surface area contributed by atoms with Crippen LogP contribution in [0.4, 0.5) is 4.79 Å². The van der Waals surface area contributed by atoms with Crippen LogP contribution in [0.2, 0.25) is 90.7 Å². The first-order valence-corrected chi connectivity index (χ1v) is 47.6. The van der Waals surface area contributed by atoms with Crippen LogP contribution in [0.1, 0.15) is 149 Å². The molecule has 91 heavy (non-hydrogen) atoms. The fourth-order valence-electron chi connectivity index (χ4n) is 10.1. The molecule has 10 atom stereocenters. The summed E-state index contributed by atoms with van der Waals surface area (Å²) in [5.74, 6) is -3.31. The van der Waals surface area contributed by atoms with Crippen molar-refractivity contribution in [3.63, 3.8) is 0 Å². The Bertz CT molecular complexity index is 2820. The van der Waals surface area contributed by atoms with Gasteiger partial charge in [0.15, 0.2) is 33.3 Å². The van der Waals surface area contributed by atoms with E-state index >= 15 is 19.2 Å². The van der Waals surface area contributed by atoms with Crippen LogP contribution in [0.25, 0.3) is 0 Å². The molecule has 0 aromatic heterocycles. The fourth-order valence-corrected chi connectivity index (χ4v) is 16.6. The maximum atomic E-state index is 16.4. The van der Waals surface area contributed by atoms with Gasteiger partial charge in [0, 0.05) is 25.4 Å². The van der Waals surface area contributed by atoms with Crippen molar-refractivity contribution >= 4 is 77.2 Å². The SMILES string of the molecule is CC(C)[C@H](NC(=O)OCc1ccccc1)C(=O)N1C[C@H](O[Si](C)(C)C(C)(C)C)C[C@H]1C(=O)N[C@H](C(=O)N[C@H](C(=O)N1C[C@H](C)[C@H](O[Si](C)(C)C(C)(C)C)[C@H]1C(N)=O)C(C)O[Si](C)(C)C(C)(C)C)[C@@H](Cc1ccc(O[Si](C)(C)C(C)(C)C)cc1)O[Si](C)(C)C(C)(C)C. The highest BCUT2D eigenvalue weighted by Gasteiger charge is 2.55. The van der Waals surface area contributed by atoms with Crippen LogP contribution in [0, 0.1) is 11.8 Å². The molecule has 5 N–H and O–H groups in total. The Balaban J connectivity index is 2.01. The van der Waals surface area contributed by atoms with E-state index in [1.807, 2.05) is 75.4 Å². The summed E-state index contributed by atoms with van der Waals surface area (Å²) >= 11 is 0. The number of carbonyl (C=O) groups is 6. The molecule has 18 nitrogen and oxygen atoms in total. The molecular formula is C68H122N6O12Si5. The van der Waals surface area contributed by atoms with Gasteiger partial charge >= 0.3 is 6.09 Å². The minimum absolute atomic E-state index is 0.0196. The molecule has 0 spiro atoms. The smallest absolute Gasteiger partial charge is 0.408 e. The molecule has 2 aromatic carbocycles. The van der Waals surface area contributed by atoms with E-state index in [0.29, 0.717) is 5.75 Å². The average Bonchev–Trinajstić information content (AvgIpc) is 1.69. The zero-order chi connectivity index (χ0) is 70.0. The number of primary amides is 1. The van der Waals surface area contributed by atoms with Gasteiger partial charge in [-0.3, -0.25) is 24.0 Å². The number of hydrogen-bond acceptors (Lipinski definition) is 12. The predicted octanol–water partition coefficient (Wildman–Crippen LogP) is 13.0. The Labute approximate surface area is 554 Å². The van der Waals surface area contributed by atoms with E-state index in [-0.39, 0.29) is 58.6 Å². The monoisotopic (exact) mass is 1350 g/mol. The molecule has 0 aliphatic carbocycles. The summed E-state index contributed by atoms with van der Waals surface area (Å²) in [5.41, 5.74) is 7.88. The summed E-state index contributed by atoms with van der Waals surface area (Å²) < 4.78 is 40.8. The Hall–Kier alpha value is -4.22. The minimum atomic E-state index is -2.90. The van der Waals surface area contributed by atoms with Crippen LogP contribution in [0.5, 0.6) is 5.75 Å². The van der Waals surface area contributed by atoms with Gasteiger partial charge in [0.05, 0.1) is 24.4 Å². The second-order valence-electron chi connectivity index (χ2n) is 34.0. The third kappa shape index (κ3) is 20.2. The zero-order valence-electron chi connectivity index (χ0n) is 61.5. The molecule has 2 saturated heterocycles. The number of rotatable bonds is 25. The Kier molecular flexibility index (Phi) is 25.6. The number of alkyl carbamates (subject to hydrolysis) is 1. The third-order valence-corrected chi connectivity index (χ3v) is 43.5. The number of carbonyl (C=O) groups excluding carboxylic acids is 6. The Morgan fingerprint density at radius 2 is 1.04 bits per heavy atom. The van der Waals surface area contributed by atoms with E-state index in [2.05, 4.69) is 185 Å². The van der Waals surface area contributed by atoms with Crippen LogP contribution in [-0.4, -0.2) is 155 Å². The van der Waals surface area contributed by atoms with E-state index in [1.165, 1.54) is 9.80 Å². The quantitative estimate of drug-likeness (QED) is 0.0681. The van der Waals surface area contributed by atoms with Gasteiger partial charge in [-0.15, -0.1) is 0 Å². The standard InChI is InChI=1S/C68H122N6O12Si5/c1-44(2)53(72-63(80)81-43-48-33-31-30-32-34-48)61(78)73-42-50(84-89(24,25)66(11,12)13)40-51(73)59(76)71-55(52(85-90(26,27)67(14,15)16)39-47-35-37-49(38-36-47)83-88(22,23)65(8,9)10)60(77)70-54(46(4)82-87(20,21)64(5,6)7)62(79)74-41-45(3)57(56(74)58(69)75)86-91(28,29)68(17,18)19/h30-38,44-46,50-57H,39-43H2,1-29H3,(H2,69,75)(H,70,77)(H,71,76)(H,72,80)/t45-,46?,50+,51-,52+,53-,54-,55-,56-,57-/m0/s1. The lowest BCUT2D eigenvalue weighted by Gasteiger charge is -2.43. The lowest BCUT2D eigenvalue weighted by Crippen LogP contribution is -2.65. The lowest BCUT2D eigenvalue weighted by atomic mass is 9.99. The minimum Gasteiger partial charge on any atom is -0.544 e. The second kappa shape index (κ2) is 29.4. The van der Waals surface area contributed by atoms with Gasteiger partial charge in [-0.1, -0.05) is 167 Å². The van der Waals surface area contributed by atoms with Crippen molar-refractivity contribution in [3.05, 3.63) is 65.7 Å². The van der Waals surface area contributed by atoms with Crippen LogP contribution in [0.3, 0.4) is 0 Å². The molecule has 0 bridgehead atoms. The second-order valence-corrected chi connectivity index (χ2v) is 57.8. The number of nitrogens with zero attached hydrogens (tertiary/aromatic N) is 2. The zero-order valence-corrected chi connectivity index (χ0v) is 66.5. The van der Waals surface area contributed by atoms with Gasteiger partial charge < -0.3 is 58.4 Å². The van der Waals surface area contributed by atoms with Crippen molar-refractivity contribution in [2.45, 2.75) is 296 Å². The Morgan fingerprint density at radius 3 is 1.53 bits per heavy atom. The highest BCUT2D eigenvalue weighted by molar-refractivity contribution is 6.76. The summed E-state index contributed by atoms with van der Waals surface area (Å²) in [6.45, 7) is 60.4. The number of likely N-dealkylation sites (tertiary alicyclic amines) is 2. The number of ether oxygens (including phenoxy) is 1. The molecule has 2 aromatic rings. The third-order valence-electron chi connectivity index (χ3n) is 21.1. The Morgan fingerprint density at radius 1 is 0.560 bits per heavy atom. The summed E-state index contributed by atoms with van der Waals surface area (Å²) in [6.07, 6.45) is -3.98. The molecule has 1 unspecified atom stereocenters. The van der Waals surface area contributed by atoms with E-state index in [9.17, 15) is 9.59 Å². The van der Waals surface area contributed by atoms with Crippen molar-refractivity contribution in [3.8, 4) is 5.75 Å². The van der Waals surface area contributed by atoms with E-state index < -0.39 is 143 Å². The average molecular weight is 1360 g/mol. The molecule has 2 aliphatic rings. The molecule has 4 rings (SSSR count). The molecule has 23 heteroatoms. The highest BCUT2D eigenvalue weighted by atomic mass is 28.4. The highest BCUT2D eigenvalue weighted by Crippen LogP contribution is 2.44. The van der Waals surface area contributed by atoms with Gasteiger partial charge in [0.1, 0.15) is 42.6 Å². The number of nitrogens with two attached hydrogens (primary N) is 1. The summed E-state index contributed by atoms with van der Waals surface area (Å²) in [7, 11) is -13.0. The van der Waals surface area contributed by atoms with Gasteiger partial charge in [0.25, 0.3) is 0 Å². The molecule has 0 saturated carbocycles. The van der Waals surface area contributed by atoms with Crippen LogP contribution >= 0.6 is 0 Å². The van der Waals surface area contributed by atoms with Gasteiger partial charge in [0.2, 0.25) is 37.9 Å². The van der Waals surface area contributed by atoms with E-state index in [0.717, 1.165) is 11.1 Å². The van der Waals surface area contributed by atoms with Crippen LogP contribution in [-0.2, 0) is 59.4 Å². The van der Waals surface area contributed by atoms with Gasteiger partial charge in [-0.25, -0.2) is 4.79 Å². The lowest BCUT2D eigenvalue weighted by molar-refractivity contribution is -0.145. The first-order valence-electron chi connectivity index (χ1n) is 33.0. The topological polar surface area (TPSA) is 226 Å². The van der Waals surface area contributed by atoms with Gasteiger partial charge in [-0.05, 0) is 133 Å². The van der Waals surface area contributed by atoms with Crippen molar-refractivity contribution in [1.82, 2.24) is 25.8 Å². The van der Waals surface area contributed by atoms with E-state index in [1.54, 1.807) is 6.92 Å². The van der Waals surface area contributed by atoms with Gasteiger partial charge in [-0.2, -0.15) is 0 Å². The summed E-state index contributed by atoms with van der Waals surface area (Å²) in [6, 6.07) is 10.5. The number of nitrogens with one attached hydrogen (secondary N) is 3.